The number of thioether (sulfide) groups is 1. The molecule has 3 rings (SSSR count). The molecule has 0 aliphatic rings. The number of fused-ring (bicyclic) bond motifs is 1. The van der Waals surface area contributed by atoms with Crippen LogP contribution >= 0.6 is 23.4 Å². The van der Waals surface area contributed by atoms with Crippen LogP contribution in [-0.2, 0) is 12.3 Å². The maximum Gasteiger partial charge on any atom is 0.0805 e. The van der Waals surface area contributed by atoms with Crippen molar-refractivity contribution in [3.63, 3.8) is 0 Å². The largest absolute Gasteiger partial charge is 0.399 e. The zero-order valence-corrected chi connectivity index (χ0v) is 13.3. The molecule has 21 heavy (non-hydrogen) atoms. The molecule has 0 fully saturated rings. The molecule has 0 aliphatic carbocycles. The molecule has 2 N–H and O–H groups in total. The van der Waals surface area contributed by atoms with Gasteiger partial charge < -0.3 is 5.73 Å². The van der Waals surface area contributed by atoms with Gasteiger partial charge in [-0.3, -0.25) is 4.68 Å². The summed E-state index contributed by atoms with van der Waals surface area (Å²) in [5, 5.41) is 6.63. The summed E-state index contributed by atoms with van der Waals surface area (Å²) < 4.78 is 2.03. The third kappa shape index (κ3) is 2.87. The second kappa shape index (κ2) is 6.00. The van der Waals surface area contributed by atoms with E-state index in [1.807, 2.05) is 35.0 Å². The average Bonchev–Trinajstić information content (AvgIpc) is 2.86. The van der Waals surface area contributed by atoms with Crippen molar-refractivity contribution < 1.29 is 0 Å². The Kier molecular flexibility index (Phi) is 4.08. The van der Waals surface area contributed by atoms with Crippen molar-refractivity contribution in [1.29, 1.82) is 0 Å². The Morgan fingerprint density at radius 1 is 1.24 bits per heavy atom. The van der Waals surface area contributed by atoms with Crippen LogP contribution < -0.4 is 5.73 Å². The van der Waals surface area contributed by atoms with Gasteiger partial charge in [0.2, 0.25) is 0 Å². The Hall–Kier alpha value is -1.65. The number of benzene rings is 2. The summed E-state index contributed by atoms with van der Waals surface area (Å²) in [6, 6.07) is 13.9. The highest BCUT2D eigenvalue weighted by atomic mass is 35.5. The van der Waals surface area contributed by atoms with E-state index in [4.69, 9.17) is 22.4 Å². The molecule has 0 saturated carbocycles. The first-order valence-electron chi connectivity index (χ1n) is 6.81. The van der Waals surface area contributed by atoms with Gasteiger partial charge in [-0.2, -0.15) is 5.10 Å². The second-order valence-electron chi connectivity index (χ2n) is 4.76. The van der Waals surface area contributed by atoms with E-state index in [0.717, 1.165) is 33.6 Å². The second-order valence-corrected chi connectivity index (χ2v) is 6.18. The summed E-state index contributed by atoms with van der Waals surface area (Å²) in [4.78, 5) is 0.992. The van der Waals surface area contributed by atoms with Crippen LogP contribution in [0.1, 0.15) is 12.6 Å². The molecule has 0 atom stereocenters. The van der Waals surface area contributed by atoms with Crippen molar-refractivity contribution in [3.05, 3.63) is 53.2 Å². The molecule has 3 aromatic rings. The number of aromatic nitrogens is 2. The summed E-state index contributed by atoms with van der Waals surface area (Å²) in [7, 11) is 0. The number of hydrogen-bond acceptors (Lipinski definition) is 3. The zero-order chi connectivity index (χ0) is 14.8. The summed E-state index contributed by atoms with van der Waals surface area (Å²) >= 11 is 7.88. The van der Waals surface area contributed by atoms with Gasteiger partial charge >= 0.3 is 0 Å². The first kappa shape index (κ1) is 14.3. The van der Waals surface area contributed by atoms with Crippen LogP contribution in [0, 0.1) is 0 Å². The van der Waals surface area contributed by atoms with Crippen molar-refractivity contribution in [2.24, 2.45) is 0 Å². The number of nitrogens with zero attached hydrogens (tertiary/aromatic N) is 2. The van der Waals surface area contributed by atoms with Gasteiger partial charge in [-0.05, 0) is 31.2 Å². The number of rotatable bonds is 4. The minimum atomic E-state index is 0.728. The summed E-state index contributed by atoms with van der Waals surface area (Å²) in [5.41, 5.74) is 8.80. The number of nitrogen functional groups attached to an aromatic ring is 1. The van der Waals surface area contributed by atoms with Crippen molar-refractivity contribution in [3.8, 4) is 0 Å². The van der Waals surface area contributed by atoms with Crippen molar-refractivity contribution in [2.45, 2.75) is 24.1 Å². The van der Waals surface area contributed by atoms with E-state index in [9.17, 15) is 0 Å². The Bertz CT molecular complexity index is 782. The van der Waals surface area contributed by atoms with Gasteiger partial charge in [-0.25, -0.2) is 0 Å². The predicted molar refractivity (Wildman–Crippen MR) is 90.8 cm³/mol. The zero-order valence-electron chi connectivity index (χ0n) is 11.7. The first-order chi connectivity index (χ1) is 10.2. The predicted octanol–water partition coefficient (Wildman–Crippen LogP) is 4.58. The van der Waals surface area contributed by atoms with Gasteiger partial charge in [0.15, 0.2) is 0 Å². The third-order valence-corrected chi connectivity index (χ3v) is 4.86. The average molecular weight is 318 g/mol. The molecule has 0 unspecified atom stereocenters. The molecular formula is C16H16ClN3S. The Balaban J connectivity index is 1.90. The van der Waals surface area contributed by atoms with Gasteiger partial charge in [0.25, 0.3) is 0 Å². The molecule has 0 bridgehead atoms. The van der Waals surface area contributed by atoms with Gasteiger partial charge in [0.05, 0.1) is 16.2 Å². The summed E-state index contributed by atoms with van der Waals surface area (Å²) in [6.45, 7) is 2.97. The van der Waals surface area contributed by atoms with Gasteiger partial charge in [0.1, 0.15) is 0 Å². The third-order valence-electron chi connectivity index (χ3n) is 3.35. The topological polar surface area (TPSA) is 43.8 Å². The smallest absolute Gasteiger partial charge is 0.0805 e. The van der Waals surface area contributed by atoms with E-state index in [-0.39, 0.29) is 0 Å². The standard InChI is InChI=1S/C16H16ClN3S/c1-2-20-15-6-4-3-5-12(15)14(19-20)10-21-16-9-11(18)7-8-13(16)17/h3-9H,2,10,18H2,1H3. The molecule has 2 aromatic carbocycles. The lowest BCUT2D eigenvalue weighted by atomic mass is 10.2. The molecule has 1 heterocycles. The highest BCUT2D eigenvalue weighted by Crippen LogP contribution is 2.32. The van der Waals surface area contributed by atoms with Gasteiger partial charge in [0, 0.05) is 28.3 Å². The monoisotopic (exact) mass is 317 g/mol. The van der Waals surface area contributed by atoms with E-state index < -0.39 is 0 Å². The fourth-order valence-electron chi connectivity index (χ4n) is 2.32. The fourth-order valence-corrected chi connectivity index (χ4v) is 3.53. The molecule has 0 spiro atoms. The van der Waals surface area contributed by atoms with E-state index in [2.05, 4.69) is 19.1 Å². The van der Waals surface area contributed by atoms with Crippen LogP contribution in [-0.4, -0.2) is 9.78 Å². The quantitative estimate of drug-likeness (QED) is 0.565. The Labute approximate surface area is 133 Å². The van der Waals surface area contributed by atoms with E-state index >= 15 is 0 Å². The Morgan fingerprint density at radius 2 is 2.05 bits per heavy atom. The van der Waals surface area contributed by atoms with Gasteiger partial charge in [-0.15, -0.1) is 11.8 Å². The molecule has 0 saturated heterocycles. The van der Waals surface area contributed by atoms with Crippen LogP contribution in [0.5, 0.6) is 0 Å². The summed E-state index contributed by atoms with van der Waals surface area (Å²) in [6.07, 6.45) is 0. The first-order valence-corrected chi connectivity index (χ1v) is 8.17. The van der Waals surface area contributed by atoms with E-state index in [1.165, 1.54) is 10.9 Å². The minimum Gasteiger partial charge on any atom is -0.399 e. The van der Waals surface area contributed by atoms with Crippen LogP contribution in [0.4, 0.5) is 5.69 Å². The summed E-state index contributed by atoms with van der Waals surface area (Å²) in [5.74, 6) is 0.774. The molecule has 3 nitrogen and oxygen atoms in total. The number of hydrogen-bond donors (Lipinski definition) is 1. The van der Waals surface area contributed by atoms with E-state index in [0.29, 0.717) is 0 Å². The van der Waals surface area contributed by atoms with Crippen molar-refractivity contribution >= 4 is 40.0 Å². The Morgan fingerprint density at radius 3 is 2.86 bits per heavy atom. The highest BCUT2D eigenvalue weighted by molar-refractivity contribution is 7.98. The molecule has 0 radical (unpaired) electrons. The fraction of sp³-hybridized carbons (Fsp3) is 0.188. The number of halogens is 1. The number of nitrogens with two attached hydrogens (primary N) is 1. The minimum absolute atomic E-state index is 0.728. The van der Waals surface area contributed by atoms with Crippen molar-refractivity contribution in [1.82, 2.24) is 9.78 Å². The molecule has 1 aromatic heterocycles. The highest BCUT2D eigenvalue weighted by Gasteiger charge is 2.10. The maximum atomic E-state index is 6.21. The molecule has 108 valence electrons. The molecule has 5 heteroatoms. The van der Waals surface area contributed by atoms with Crippen LogP contribution in [0.15, 0.2) is 47.4 Å². The number of aryl methyl sites for hydroxylation is 1. The van der Waals surface area contributed by atoms with Crippen LogP contribution in [0.2, 0.25) is 5.02 Å². The molecular weight excluding hydrogens is 302 g/mol. The lowest BCUT2D eigenvalue weighted by molar-refractivity contribution is 0.675. The number of para-hydroxylation sites is 1. The lowest BCUT2D eigenvalue weighted by Crippen LogP contribution is -1.96. The molecule has 0 aliphatic heterocycles. The maximum absolute atomic E-state index is 6.21. The lowest BCUT2D eigenvalue weighted by Gasteiger charge is -2.04. The van der Waals surface area contributed by atoms with E-state index in [1.54, 1.807) is 11.8 Å². The van der Waals surface area contributed by atoms with Gasteiger partial charge in [-0.1, -0.05) is 29.8 Å². The molecule has 0 amide bonds. The van der Waals surface area contributed by atoms with Crippen LogP contribution in [0.25, 0.3) is 10.9 Å². The normalized spacial score (nSPS) is 11.1. The SMILES string of the molecule is CCn1nc(CSc2cc(N)ccc2Cl)c2ccccc21. The number of anilines is 1. The van der Waals surface area contributed by atoms with Crippen molar-refractivity contribution in [2.75, 3.05) is 5.73 Å². The van der Waals surface area contributed by atoms with Crippen LogP contribution in [0.3, 0.4) is 0 Å².